The lowest BCUT2D eigenvalue weighted by atomic mass is 9.80. The third-order valence-corrected chi connectivity index (χ3v) is 5.91. The third-order valence-electron chi connectivity index (χ3n) is 5.91. The molecular formula is C21H27F3N4O3. The number of piperidine rings is 2. The number of halogens is 3. The van der Waals surface area contributed by atoms with Crippen LogP contribution in [-0.2, 0) is 4.79 Å². The Morgan fingerprint density at radius 2 is 1.71 bits per heavy atom. The molecule has 1 atom stereocenters. The number of carboxylic acids is 1. The van der Waals surface area contributed by atoms with Gasteiger partial charge >= 0.3 is 12.1 Å². The van der Waals surface area contributed by atoms with E-state index >= 15 is 0 Å². The van der Waals surface area contributed by atoms with Gasteiger partial charge in [0.05, 0.1) is 6.10 Å². The largest absolute Gasteiger partial charge is 0.490 e. The van der Waals surface area contributed by atoms with Gasteiger partial charge in [0, 0.05) is 24.7 Å². The molecule has 2 aliphatic rings. The van der Waals surface area contributed by atoms with Gasteiger partial charge in [0.25, 0.3) is 0 Å². The number of aliphatic hydroxyl groups excluding tert-OH is 1. The summed E-state index contributed by atoms with van der Waals surface area (Å²) < 4.78 is 31.7. The van der Waals surface area contributed by atoms with Crippen molar-refractivity contribution >= 4 is 22.8 Å². The van der Waals surface area contributed by atoms with Gasteiger partial charge in [-0.25, -0.2) is 14.8 Å². The summed E-state index contributed by atoms with van der Waals surface area (Å²) >= 11 is 0. The smallest absolute Gasteiger partial charge is 0.475 e. The first-order valence-corrected chi connectivity index (χ1v) is 10.4. The molecule has 0 amide bonds. The van der Waals surface area contributed by atoms with Gasteiger partial charge in [0.15, 0.2) is 5.65 Å². The first kappa shape index (κ1) is 23.2. The number of fused-ring (bicyclic) bond motifs is 1. The van der Waals surface area contributed by atoms with E-state index in [1.807, 2.05) is 12.1 Å². The fraction of sp³-hybridized carbons (Fsp3) is 0.571. The Morgan fingerprint density at radius 3 is 2.32 bits per heavy atom. The Morgan fingerprint density at radius 1 is 1.10 bits per heavy atom. The van der Waals surface area contributed by atoms with Gasteiger partial charge in [-0.3, -0.25) is 0 Å². The minimum absolute atomic E-state index is 0.138. The van der Waals surface area contributed by atoms with E-state index in [-0.39, 0.29) is 6.10 Å². The maximum absolute atomic E-state index is 10.7. The summed E-state index contributed by atoms with van der Waals surface area (Å²) in [6.07, 6.45) is 0.889. The van der Waals surface area contributed by atoms with Gasteiger partial charge in [-0.2, -0.15) is 13.2 Å². The molecule has 0 radical (unpaired) electrons. The fourth-order valence-electron chi connectivity index (χ4n) is 4.16. The number of aromatic nitrogens is 2. The zero-order chi connectivity index (χ0) is 22.4. The van der Waals surface area contributed by atoms with Gasteiger partial charge in [-0.1, -0.05) is 0 Å². The summed E-state index contributed by atoms with van der Waals surface area (Å²) in [5, 5.41) is 22.3. The lowest BCUT2D eigenvalue weighted by molar-refractivity contribution is -0.192. The summed E-state index contributed by atoms with van der Waals surface area (Å²) in [5.74, 6) is -0.836. The van der Waals surface area contributed by atoms with Crippen molar-refractivity contribution in [2.24, 2.45) is 11.8 Å². The zero-order valence-corrected chi connectivity index (χ0v) is 17.1. The molecule has 3 N–H and O–H groups in total. The number of hydrogen-bond donors (Lipinski definition) is 3. The number of aliphatic carboxylic acids is 1. The molecule has 4 heterocycles. The molecule has 0 aliphatic carbocycles. The first-order valence-electron chi connectivity index (χ1n) is 10.4. The molecule has 10 heteroatoms. The van der Waals surface area contributed by atoms with E-state index in [0.717, 1.165) is 68.7 Å². The number of carbonyl (C=O) groups is 1. The van der Waals surface area contributed by atoms with E-state index in [1.165, 1.54) is 0 Å². The highest BCUT2D eigenvalue weighted by molar-refractivity contribution is 5.76. The summed E-state index contributed by atoms with van der Waals surface area (Å²) in [6.45, 7) is 4.04. The number of aliphatic hydroxyl groups is 1. The zero-order valence-electron chi connectivity index (χ0n) is 17.1. The molecule has 2 aliphatic heterocycles. The van der Waals surface area contributed by atoms with Crippen molar-refractivity contribution < 1.29 is 28.2 Å². The van der Waals surface area contributed by atoms with Gasteiger partial charge < -0.3 is 20.4 Å². The topological polar surface area (TPSA) is 98.6 Å². The van der Waals surface area contributed by atoms with Crippen LogP contribution in [0.3, 0.4) is 0 Å². The van der Waals surface area contributed by atoms with Crippen LogP contribution in [0.15, 0.2) is 30.5 Å². The molecule has 2 saturated heterocycles. The van der Waals surface area contributed by atoms with Gasteiger partial charge in [-0.15, -0.1) is 0 Å². The molecule has 31 heavy (non-hydrogen) atoms. The van der Waals surface area contributed by atoms with Crippen molar-refractivity contribution in [2.75, 3.05) is 31.1 Å². The predicted octanol–water partition coefficient (Wildman–Crippen LogP) is 2.84. The average molecular weight is 440 g/mol. The Kier molecular flexibility index (Phi) is 7.66. The van der Waals surface area contributed by atoms with Crippen LogP contribution in [0.1, 0.15) is 25.7 Å². The van der Waals surface area contributed by atoms with Crippen LogP contribution >= 0.6 is 0 Å². The average Bonchev–Trinajstić information content (AvgIpc) is 2.79. The van der Waals surface area contributed by atoms with Crippen LogP contribution in [0.5, 0.6) is 0 Å². The molecule has 7 nitrogen and oxygen atoms in total. The molecule has 0 aromatic carbocycles. The molecule has 2 aromatic heterocycles. The maximum Gasteiger partial charge on any atom is 0.490 e. The highest BCUT2D eigenvalue weighted by atomic mass is 19.4. The number of nitrogens with zero attached hydrogens (tertiary/aromatic N) is 3. The fourth-order valence-corrected chi connectivity index (χ4v) is 4.16. The Bertz CT molecular complexity index is 866. The Labute approximate surface area is 178 Å². The summed E-state index contributed by atoms with van der Waals surface area (Å²) in [4.78, 5) is 20.3. The minimum Gasteiger partial charge on any atom is -0.475 e. The summed E-state index contributed by atoms with van der Waals surface area (Å²) in [5.41, 5.74) is 0.812. The van der Waals surface area contributed by atoms with Gasteiger partial charge in [-0.05, 0) is 74.9 Å². The van der Waals surface area contributed by atoms with E-state index in [4.69, 9.17) is 14.9 Å². The first-order chi connectivity index (χ1) is 14.8. The van der Waals surface area contributed by atoms with Crippen LogP contribution < -0.4 is 10.2 Å². The van der Waals surface area contributed by atoms with E-state index in [9.17, 15) is 18.3 Å². The van der Waals surface area contributed by atoms with Crippen molar-refractivity contribution in [3.63, 3.8) is 0 Å². The van der Waals surface area contributed by atoms with Crippen LogP contribution in [0, 0.1) is 11.8 Å². The molecule has 4 rings (SSSR count). The van der Waals surface area contributed by atoms with Crippen LogP contribution in [-0.4, -0.2) is 64.6 Å². The van der Waals surface area contributed by atoms with Crippen molar-refractivity contribution in [1.29, 1.82) is 0 Å². The van der Waals surface area contributed by atoms with Crippen molar-refractivity contribution in [2.45, 2.75) is 38.0 Å². The molecular weight excluding hydrogens is 413 g/mol. The third kappa shape index (κ3) is 6.27. The summed E-state index contributed by atoms with van der Waals surface area (Å²) in [6, 6.07) is 8.17. The number of pyridine rings is 2. The summed E-state index contributed by atoms with van der Waals surface area (Å²) in [7, 11) is 0. The SMILES string of the molecule is O=C(O)C(F)(F)F.OC(C1CCNCC1)C1CCN(c2ccc3cccnc3n2)CC1. The Balaban J connectivity index is 0.000000339. The second-order valence-electron chi connectivity index (χ2n) is 7.92. The number of nitrogens with one attached hydrogen (secondary N) is 1. The van der Waals surface area contributed by atoms with Gasteiger partial charge in [0.2, 0.25) is 0 Å². The number of anilines is 1. The van der Waals surface area contributed by atoms with Crippen LogP contribution in [0.2, 0.25) is 0 Å². The number of rotatable bonds is 3. The number of hydrogen-bond acceptors (Lipinski definition) is 6. The molecule has 2 fully saturated rings. The molecule has 0 saturated carbocycles. The van der Waals surface area contributed by atoms with E-state index in [2.05, 4.69) is 27.3 Å². The van der Waals surface area contributed by atoms with Crippen molar-refractivity contribution in [1.82, 2.24) is 15.3 Å². The second-order valence-corrected chi connectivity index (χ2v) is 7.92. The molecule has 1 unspecified atom stereocenters. The Hall–Kier alpha value is -2.46. The van der Waals surface area contributed by atoms with Crippen LogP contribution in [0.25, 0.3) is 11.0 Å². The number of carboxylic acid groups (broad SMARTS) is 1. The van der Waals surface area contributed by atoms with Crippen molar-refractivity contribution in [3.8, 4) is 0 Å². The standard InChI is InChI=1S/C19H26N4O.C2HF3O2/c24-18(14-5-10-20-11-6-14)15-7-12-23(13-8-15)17-4-3-16-2-1-9-21-19(16)22-17;3-2(4,5)1(6)7/h1-4,9,14-15,18,20,24H,5-8,10-13H2;(H,6,7). The highest BCUT2D eigenvalue weighted by Crippen LogP contribution is 2.30. The highest BCUT2D eigenvalue weighted by Gasteiger charge is 2.38. The molecule has 0 bridgehead atoms. The van der Waals surface area contributed by atoms with Gasteiger partial charge in [0.1, 0.15) is 5.82 Å². The quantitative estimate of drug-likeness (QED) is 0.675. The monoisotopic (exact) mass is 440 g/mol. The normalized spacial score (nSPS) is 19.5. The van der Waals surface area contributed by atoms with Crippen molar-refractivity contribution in [3.05, 3.63) is 30.5 Å². The lowest BCUT2D eigenvalue weighted by Gasteiger charge is -2.38. The predicted molar refractivity (Wildman–Crippen MR) is 110 cm³/mol. The van der Waals surface area contributed by atoms with E-state index in [1.54, 1.807) is 6.20 Å². The van der Waals surface area contributed by atoms with Crippen LogP contribution in [0.4, 0.5) is 19.0 Å². The minimum atomic E-state index is -5.08. The maximum atomic E-state index is 10.7. The molecule has 2 aromatic rings. The lowest BCUT2D eigenvalue weighted by Crippen LogP contribution is -2.43. The number of alkyl halides is 3. The van der Waals surface area contributed by atoms with E-state index in [0.29, 0.717) is 11.8 Å². The molecule has 0 spiro atoms. The second kappa shape index (κ2) is 10.2. The van der Waals surface area contributed by atoms with E-state index < -0.39 is 12.1 Å². The molecule has 170 valence electrons.